The topological polar surface area (TPSA) is 72.9 Å². The third-order valence-electron chi connectivity index (χ3n) is 3.99. The van der Waals surface area contributed by atoms with E-state index < -0.39 is 41.9 Å². The Morgan fingerprint density at radius 1 is 1.27 bits per heavy atom. The van der Waals surface area contributed by atoms with Gasteiger partial charge in [-0.15, -0.1) is 0 Å². The molecule has 0 aliphatic carbocycles. The Hall–Kier alpha value is -2.44. The predicted molar refractivity (Wildman–Crippen MR) is 92.4 cm³/mol. The fourth-order valence-electron chi connectivity index (χ4n) is 2.63. The molecule has 1 atom stereocenters. The lowest BCUT2D eigenvalue weighted by molar-refractivity contribution is -0.147. The van der Waals surface area contributed by atoms with Crippen LogP contribution in [-0.2, 0) is 14.3 Å². The van der Waals surface area contributed by atoms with Gasteiger partial charge in [0.15, 0.2) is 12.4 Å². The van der Waals surface area contributed by atoms with Crippen LogP contribution in [0.3, 0.4) is 0 Å². The molecule has 142 valence electrons. The minimum Gasteiger partial charge on any atom is -0.456 e. The van der Waals surface area contributed by atoms with Gasteiger partial charge in [0.2, 0.25) is 0 Å². The van der Waals surface area contributed by atoms with Gasteiger partial charge in [0.25, 0.3) is 0 Å². The number of rotatable bonds is 4. The Kier molecular flexibility index (Phi) is 6.00. The van der Waals surface area contributed by atoms with E-state index in [9.17, 15) is 18.8 Å². The van der Waals surface area contributed by atoms with Crippen LogP contribution in [-0.4, -0.2) is 47.5 Å². The molecule has 0 aromatic heterocycles. The number of ketones is 1. The summed E-state index contributed by atoms with van der Waals surface area (Å²) in [4.78, 5) is 37.9. The van der Waals surface area contributed by atoms with Crippen molar-refractivity contribution in [2.45, 2.75) is 52.2 Å². The quantitative estimate of drug-likeness (QED) is 0.605. The lowest BCUT2D eigenvalue weighted by Crippen LogP contribution is -2.44. The standard InChI is InChI=1S/C19H24FNO5/c1-12-7-8-13(10-14(12)20)16(22)11-25-17(23)15-6-5-9-21(15)18(24)26-19(2,3)4/h7-8,10,15H,5-6,9,11H2,1-4H3/t15-/m0/s1. The number of likely N-dealkylation sites (tertiary alicyclic amines) is 1. The summed E-state index contributed by atoms with van der Waals surface area (Å²) in [6.07, 6.45) is 0.519. The number of ether oxygens (including phenoxy) is 2. The molecule has 1 amide bonds. The first-order valence-corrected chi connectivity index (χ1v) is 8.54. The normalized spacial score (nSPS) is 17.1. The fourth-order valence-corrected chi connectivity index (χ4v) is 2.63. The average molecular weight is 365 g/mol. The predicted octanol–water partition coefficient (Wildman–Crippen LogP) is 3.26. The molecule has 0 saturated carbocycles. The molecule has 1 aromatic carbocycles. The van der Waals surface area contributed by atoms with E-state index in [0.29, 0.717) is 24.9 Å². The highest BCUT2D eigenvalue weighted by Crippen LogP contribution is 2.22. The molecule has 2 rings (SSSR count). The van der Waals surface area contributed by atoms with Crippen molar-refractivity contribution in [2.24, 2.45) is 0 Å². The van der Waals surface area contributed by atoms with Crippen molar-refractivity contribution in [3.05, 3.63) is 35.1 Å². The van der Waals surface area contributed by atoms with Crippen LogP contribution in [0.2, 0.25) is 0 Å². The number of aryl methyl sites for hydroxylation is 1. The first-order chi connectivity index (χ1) is 12.1. The van der Waals surface area contributed by atoms with Gasteiger partial charge in [-0.05, 0) is 52.2 Å². The fraction of sp³-hybridized carbons (Fsp3) is 0.526. The van der Waals surface area contributed by atoms with E-state index in [1.165, 1.54) is 17.0 Å². The number of benzene rings is 1. The summed E-state index contributed by atoms with van der Waals surface area (Å²) in [6.45, 7) is 6.72. The van der Waals surface area contributed by atoms with Crippen LogP contribution in [0, 0.1) is 12.7 Å². The highest BCUT2D eigenvalue weighted by Gasteiger charge is 2.37. The summed E-state index contributed by atoms with van der Waals surface area (Å²) in [5.41, 5.74) is -0.103. The molecule has 1 aromatic rings. The van der Waals surface area contributed by atoms with Gasteiger partial charge in [0, 0.05) is 12.1 Å². The van der Waals surface area contributed by atoms with Crippen molar-refractivity contribution in [3.63, 3.8) is 0 Å². The van der Waals surface area contributed by atoms with Crippen LogP contribution >= 0.6 is 0 Å². The third-order valence-corrected chi connectivity index (χ3v) is 3.99. The zero-order valence-corrected chi connectivity index (χ0v) is 15.5. The van der Waals surface area contributed by atoms with Crippen molar-refractivity contribution in [1.29, 1.82) is 0 Å². The second kappa shape index (κ2) is 7.85. The summed E-state index contributed by atoms with van der Waals surface area (Å²) < 4.78 is 23.9. The number of hydrogen-bond acceptors (Lipinski definition) is 5. The Bertz CT molecular complexity index is 710. The molecule has 1 aliphatic rings. The van der Waals surface area contributed by atoms with Crippen molar-refractivity contribution < 1.29 is 28.2 Å². The first-order valence-electron chi connectivity index (χ1n) is 8.54. The van der Waals surface area contributed by atoms with Gasteiger partial charge in [-0.2, -0.15) is 0 Å². The van der Waals surface area contributed by atoms with Gasteiger partial charge >= 0.3 is 12.1 Å². The molecule has 0 bridgehead atoms. The van der Waals surface area contributed by atoms with Crippen molar-refractivity contribution in [3.8, 4) is 0 Å². The maximum Gasteiger partial charge on any atom is 0.411 e. The first kappa shape index (κ1) is 19.9. The van der Waals surface area contributed by atoms with E-state index >= 15 is 0 Å². The van der Waals surface area contributed by atoms with Gasteiger partial charge in [-0.3, -0.25) is 9.69 Å². The number of amides is 1. The number of halogens is 1. The van der Waals surface area contributed by atoms with E-state index in [0.717, 1.165) is 6.07 Å². The highest BCUT2D eigenvalue weighted by atomic mass is 19.1. The minimum absolute atomic E-state index is 0.135. The molecule has 7 heteroatoms. The summed E-state index contributed by atoms with van der Waals surface area (Å²) in [6, 6.07) is 3.32. The molecular weight excluding hydrogens is 341 g/mol. The number of carbonyl (C=O) groups excluding carboxylic acids is 3. The second-order valence-electron chi connectivity index (χ2n) is 7.33. The lowest BCUT2D eigenvalue weighted by Gasteiger charge is -2.27. The Balaban J connectivity index is 1.94. The Labute approximate surface area is 152 Å². The SMILES string of the molecule is Cc1ccc(C(=O)COC(=O)[C@@H]2CCCN2C(=O)OC(C)(C)C)cc1F. The van der Waals surface area contributed by atoms with Crippen molar-refractivity contribution >= 4 is 17.8 Å². The van der Waals surface area contributed by atoms with Crippen molar-refractivity contribution in [2.75, 3.05) is 13.2 Å². The number of hydrogen-bond donors (Lipinski definition) is 0. The zero-order valence-electron chi connectivity index (χ0n) is 15.5. The number of carbonyl (C=O) groups is 3. The minimum atomic E-state index is -0.771. The lowest BCUT2D eigenvalue weighted by atomic mass is 10.1. The summed E-state index contributed by atoms with van der Waals surface area (Å²) in [5, 5.41) is 0. The largest absolute Gasteiger partial charge is 0.456 e. The van der Waals surface area contributed by atoms with Crippen LogP contribution in [0.4, 0.5) is 9.18 Å². The van der Waals surface area contributed by atoms with Crippen LogP contribution < -0.4 is 0 Å². The van der Waals surface area contributed by atoms with Crippen molar-refractivity contribution in [1.82, 2.24) is 4.90 Å². The second-order valence-corrected chi connectivity index (χ2v) is 7.33. The Morgan fingerprint density at radius 3 is 2.58 bits per heavy atom. The Morgan fingerprint density at radius 2 is 1.96 bits per heavy atom. The van der Waals surface area contributed by atoms with Crippen LogP contribution in [0.25, 0.3) is 0 Å². The number of esters is 1. The van der Waals surface area contributed by atoms with Gasteiger partial charge in [0.05, 0.1) is 0 Å². The molecule has 0 unspecified atom stereocenters. The highest BCUT2D eigenvalue weighted by molar-refractivity contribution is 5.98. The van der Waals surface area contributed by atoms with Crippen LogP contribution in [0.5, 0.6) is 0 Å². The zero-order chi connectivity index (χ0) is 19.5. The molecule has 1 aliphatic heterocycles. The van der Waals surface area contributed by atoms with Gasteiger partial charge in [0.1, 0.15) is 17.5 Å². The molecule has 1 fully saturated rings. The molecular formula is C19H24FNO5. The molecule has 0 spiro atoms. The number of nitrogens with zero attached hydrogens (tertiary/aromatic N) is 1. The van der Waals surface area contributed by atoms with E-state index in [4.69, 9.17) is 9.47 Å². The van der Waals surface area contributed by atoms with Gasteiger partial charge in [-0.1, -0.05) is 12.1 Å². The molecule has 0 radical (unpaired) electrons. The maximum absolute atomic E-state index is 13.5. The molecule has 1 saturated heterocycles. The van der Waals surface area contributed by atoms with E-state index in [1.807, 2.05) is 0 Å². The average Bonchev–Trinajstić information content (AvgIpc) is 3.03. The monoisotopic (exact) mass is 365 g/mol. The van der Waals surface area contributed by atoms with Gasteiger partial charge in [-0.25, -0.2) is 14.0 Å². The van der Waals surface area contributed by atoms with Crippen LogP contribution in [0.15, 0.2) is 18.2 Å². The summed E-state index contributed by atoms with van der Waals surface area (Å²) in [7, 11) is 0. The molecule has 26 heavy (non-hydrogen) atoms. The van der Waals surface area contributed by atoms with E-state index in [1.54, 1.807) is 27.7 Å². The van der Waals surface area contributed by atoms with Gasteiger partial charge < -0.3 is 9.47 Å². The van der Waals surface area contributed by atoms with E-state index in [-0.39, 0.29) is 5.56 Å². The van der Waals surface area contributed by atoms with E-state index in [2.05, 4.69) is 0 Å². The molecule has 6 nitrogen and oxygen atoms in total. The number of Topliss-reactive ketones (excluding diaryl/α,β-unsaturated/α-hetero) is 1. The van der Waals surface area contributed by atoms with Crippen LogP contribution in [0.1, 0.15) is 49.5 Å². The molecule has 0 N–H and O–H groups in total. The summed E-state index contributed by atoms with van der Waals surface area (Å²) >= 11 is 0. The smallest absolute Gasteiger partial charge is 0.411 e. The summed E-state index contributed by atoms with van der Waals surface area (Å²) in [5.74, 6) is -1.65. The maximum atomic E-state index is 13.5. The third kappa shape index (κ3) is 5.03. The molecule has 1 heterocycles.